The van der Waals surface area contributed by atoms with Crippen LogP contribution in [0, 0.1) is 11.3 Å². The third kappa shape index (κ3) is 7.19. The second-order valence-corrected chi connectivity index (χ2v) is 5.31. The first kappa shape index (κ1) is 13.8. The average molecular weight is 216 g/mol. The smallest absolute Gasteiger partial charge is 0.102 e. The van der Waals surface area contributed by atoms with Gasteiger partial charge in [-0.1, -0.05) is 6.92 Å². The zero-order chi connectivity index (χ0) is 11.0. The normalized spacial score (nSPS) is 17.1. The minimum Gasteiger partial charge on any atom is -0.385 e. The summed E-state index contributed by atoms with van der Waals surface area (Å²) in [5.41, 5.74) is 5.06. The van der Waals surface area contributed by atoms with Crippen LogP contribution in [0.3, 0.4) is 0 Å². The Balaban J connectivity index is 3.56. The highest BCUT2D eigenvalue weighted by atomic mass is 32.2. The van der Waals surface area contributed by atoms with Gasteiger partial charge in [0.1, 0.15) is 5.54 Å². The molecule has 0 amide bonds. The van der Waals surface area contributed by atoms with Crippen LogP contribution in [-0.2, 0) is 4.74 Å². The summed E-state index contributed by atoms with van der Waals surface area (Å²) < 4.78 is 4.96. The van der Waals surface area contributed by atoms with Crippen molar-refractivity contribution in [2.45, 2.75) is 37.5 Å². The summed E-state index contributed by atoms with van der Waals surface area (Å²) in [5.74, 6) is 1.07. The molecule has 0 rings (SSSR count). The van der Waals surface area contributed by atoms with Crippen molar-refractivity contribution in [2.75, 3.05) is 19.5 Å². The molecule has 0 saturated heterocycles. The van der Waals surface area contributed by atoms with Gasteiger partial charge in [-0.05, 0) is 25.5 Å². The quantitative estimate of drug-likeness (QED) is 0.659. The number of nitriles is 1. The van der Waals surface area contributed by atoms with E-state index in [4.69, 9.17) is 15.7 Å². The first-order chi connectivity index (χ1) is 6.52. The molecule has 82 valence electrons. The van der Waals surface area contributed by atoms with Crippen LogP contribution in [0.1, 0.15) is 26.7 Å². The van der Waals surface area contributed by atoms with Crippen molar-refractivity contribution in [2.24, 2.45) is 5.73 Å². The number of thioether (sulfide) groups is 1. The van der Waals surface area contributed by atoms with Crippen LogP contribution in [-0.4, -0.2) is 30.3 Å². The third-order valence-corrected chi connectivity index (χ3v) is 3.12. The molecule has 2 atom stereocenters. The molecular weight excluding hydrogens is 196 g/mol. The summed E-state index contributed by atoms with van der Waals surface area (Å²) in [7, 11) is 1.71. The van der Waals surface area contributed by atoms with Crippen molar-refractivity contribution >= 4 is 11.8 Å². The van der Waals surface area contributed by atoms with Crippen molar-refractivity contribution < 1.29 is 4.74 Å². The topological polar surface area (TPSA) is 59.0 Å². The Kier molecular flexibility index (Phi) is 6.98. The fraction of sp³-hybridized carbons (Fsp3) is 0.900. The lowest BCUT2D eigenvalue weighted by molar-refractivity contribution is 0.200. The third-order valence-electron chi connectivity index (χ3n) is 1.86. The number of hydrogen-bond acceptors (Lipinski definition) is 4. The standard InChI is InChI=1S/C10H20N2OS/c1-9(7-10(2,12)8-11)14-6-4-5-13-3/h9H,4-7,12H2,1-3H3. The van der Waals surface area contributed by atoms with Crippen LogP contribution >= 0.6 is 11.8 Å². The van der Waals surface area contributed by atoms with Crippen molar-refractivity contribution in [3.05, 3.63) is 0 Å². The van der Waals surface area contributed by atoms with Crippen molar-refractivity contribution in [3.8, 4) is 6.07 Å². The molecule has 14 heavy (non-hydrogen) atoms. The van der Waals surface area contributed by atoms with Crippen LogP contribution in [0.15, 0.2) is 0 Å². The fourth-order valence-electron chi connectivity index (χ4n) is 1.19. The maximum Gasteiger partial charge on any atom is 0.102 e. The Hall–Kier alpha value is -0.240. The molecule has 0 aromatic heterocycles. The molecule has 4 heteroatoms. The van der Waals surface area contributed by atoms with Gasteiger partial charge < -0.3 is 10.5 Å². The Labute approximate surface area is 91.0 Å². The summed E-state index contributed by atoms with van der Waals surface area (Å²) in [6, 6.07) is 2.11. The SMILES string of the molecule is COCCCSC(C)CC(C)(N)C#N. The van der Waals surface area contributed by atoms with Crippen LogP contribution in [0.25, 0.3) is 0 Å². The van der Waals surface area contributed by atoms with Crippen LogP contribution in [0.5, 0.6) is 0 Å². The van der Waals surface area contributed by atoms with Gasteiger partial charge in [0.05, 0.1) is 6.07 Å². The van der Waals surface area contributed by atoms with Crippen LogP contribution in [0.4, 0.5) is 0 Å². The van der Waals surface area contributed by atoms with E-state index in [2.05, 4.69) is 13.0 Å². The molecule has 0 aliphatic heterocycles. The van der Waals surface area contributed by atoms with E-state index in [1.807, 2.05) is 11.8 Å². The second-order valence-electron chi connectivity index (χ2n) is 3.76. The minimum atomic E-state index is -0.687. The Morgan fingerprint density at radius 1 is 1.64 bits per heavy atom. The summed E-state index contributed by atoms with van der Waals surface area (Å²) in [4.78, 5) is 0. The molecule has 0 heterocycles. The molecule has 3 nitrogen and oxygen atoms in total. The first-order valence-electron chi connectivity index (χ1n) is 4.82. The molecule has 0 aliphatic rings. The van der Waals surface area contributed by atoms with Gasteiger partial charge in [0.25, 0.3) is 0 Å². The molecular formula is C10H20N2OS. The molecule has 0 radical (unpaired) electrons. The van der Waals surface area contributed by atoms with E-state index in [0.717, 1.165) is 25.2 Å². The number of nitrogens with two attached hydrogens (primary N) is 1. The van der Waals surface area contributed by atoms with Crippen molar-refractivity contribution in [1.29, 1.82) is 5.26 Å². The maximum atomic E-state index is 8.75. The number of ether oxygens (including phenoxy) is 1. The molecule has 0 aromatic carbocycles. The molecule has 0 saturated carbocycles. The summed E-state index contributed by atoms with van der Waals surface area (Å²) >= 11 is 1.85. The predicted octanol–water partition coefficient (Wildman–Crippen LogP) is 1.78. The molecule has 2 unspecified atom stereocenters. The van der Waals surface area contributed by atoms with Gasteiger partial charge in [-0.25, -0.2) is 0 Å². The summed E-state index contributed by atoms with van der Waals surface area (Å²) in [6.45, 7) is 4.69. The van der Waals surface area contributed by atoms with Crippen LogP contribution in [0.2, 0.25) is 0 Å². The Bertz CT molecular complexity index is 189. The minimum absolute atomic E-state index is 0.432. The summed E-state index contributed by atoms with van der Waals surface area (Å²) in [6.07, 6.45) is 1.79. The average Bonchev–Trinajstić information content (AvgIpc) is 2.12. The summed E-state index contributed by atoms with van der Waals surface area (Å²) in [5, 5.41) is 9.18. The zero-order valence-electron chi connectivity index (χ0n) is 9.25. The van der Waals surface area contributed by atoms with E-state index in [9.17, 15) is 0 Å². The Morgan fingerprint density at radius 3 is 2.79 bits per heavy atom. The van der Waals surface area contributed by atoms with E-state index in [1.165, 1.54) is 0 Å². The molecule has 0 fully saturated rings. The molecule has 0 aromatic rings. The number of methoxy groups -OCH3 is 1. The monoisotopic (exact) mass is 216 g/mol. The van der Waals surface area contributed by atoms with E-state index >= 15 is 0 Å². The fourth-order valence-corrected chi connectivity index (χ4v) is 2.34. The maximum absolute atomic E-state index is 8.75. The van der Waals surface area contributed by atoms with E-state index < -0.39 is 5.54 Å². The largest absolute Gasteiger partial charge is 0.385 e. The Morgan fingerprint density at radius 2 is 2.29 bits per heavy atom. The number of rotatable bonds is 7. The van der Waals surface area contributed by atoms with Gasteiger partial charge in [-0.3, -0.25) is 0 Å². The zero-order valence-corrected chi connectivity index (χ0v) is 10.1. The lowest BCUT2D eigenvalue weighted by Gasteiger charge is -2.20. The van der Waals surface area contributed by atoms with E-state index in [1.54, 1.807) is 14.0 Å². The predicted molar refractivity (Wildman–Crippen MR) is 61.2 cm³/mol. The van der Waals surface area contributed by atoms with Crippen LogP contribution < -0.4 is 5.73 Å². The lowest BCUT2D eigenvalue weighted by atomic mass is 10.00. The van der Waals surface area contributed by atoms with Crippen molar-refractivity contribution in [1.82, 2.24) is 0 Å². The van der Waals surface area contributed by atoms with Gasteiger partial charge in [-0.2, -0.15) is 17.0 Å². The molecule has 2 N–H and O–H groups in total. The second kappa shape index (κ2) is 7.10. The lowest BCUT2D eigenvalue weighted by Crippen LogP contribution is -2.36. The highest BCUT2D eigenvalue weighted by molar-refractivity contribution is 7.99. The van der Waals surface area contributed by atoms with Gasteiger partial charge in [0.2, 0.25) is 0 Å². The van der Waals surface area contributed by atoms with Gasteiger partial charge in [0.15, 0.2) is 0 Å². The van der Waals surface area contributed by atoms with Gasteiger partial charge in [-0.15, -0.1) is 0 Å². The van der Waals surface area contributed by atoms with Crippen molar-refractivity contribution in [3.63, 3.8) is 0 Å². The highest BCUT2D eigenvalue weighted by Crippen LogP contribution is 2.20. The molecule has 0 spiro atoms. The number of hydrogen-bond donors (Lipinski definition) is 1. The molecule has 0 bridgehead atoms. The van der Waals surface area contributed by atoms with Gasteiger partial charge in [0, 0.05) is 19.0 Å². The highest BCUT2D eigenvalue weighted by Gasteiger charge is 2.20. The molecule has 0 aliphatic carbocycles. The van der Waals surface area contributed by atoms with E-state index in [-0.39, 0.29) is 0 Å². The number of nitrogens with zero attached hydrogens (tertiary/aromatic N) is 1. The van der Waals surface area contributed by atoms with Gasteiger partial charge >= 0.3 is 0 Å². The van der Waals surface area contributed by atoms with E-state index in [0.29, 0.717) is 5.25 Å². The first-order valence-corrected chi connectivity index (χ1v) is 5.87.